The Hall–Kier alpha value is 0.217. The van der Waals surface area contributed by atoms with Gasteiger partial charge in [-0.05, 0) is 30.2 Å². The van der Waals surface area contributed by atoms with Crippen LogP contribution in [0.15, 0.2) is 0 Å². The molecule has 0 aromatic rings. The maximum atomic E-state index is 1.58. The molecule has 11 heavy (non-hydrogen) atoms. The summed E-state index contributed by atoms with van der Waals surface area (Å²) in [6.07, 6.45) is 12.5. The van der Waals surface area contributed by atoms with E-state index in [0.29, 0.717) is 0 Å². The van der Waals surface area contributed by atoms with Crippen LogP contribution in [-0.4, -0.2) is 10.2 Å². The van der Waals surface area contributed by atoms with E-state index >= 15 is 0 Å². The molecule has 0 aromatic heterocycles. The Bertz CT molecular complexity index is 136. The third kappa shape index (κ3) is 1.28. The van der Waals surface area contributed by atoms with Crippen LogP contribution < -0.4 is 0 Å². The highest BCUT2D eigenvalue weighted by Gasteiger charge is 2.40. The SMILES string of the molecule is [SiH3]C1CCCC12CCCCC2. The van der Waals surface area contributed by atoms with Crippen LogP contribution in [0.5, 0.6) is 0 Å². The first kappa shape index (κ1) is 7.84. The van der Waals surface area contributed by atoms with Crippen molar-refractivity contribution in [3.8, 4) is 0 Å². The third-order valence-corrected chi connectivity index (χ3v) is 6.01. The van der Waals surface area contributed by atoms with E-state index in [1.807, 2.05) is 0 Å². The van der Waals surface area contributed by atoms with E-state index in [1.54, 1.807) is 44.9 Å². The molecule has 0 saturated heterocycles. The van der Waals surface area contributed by atoms with Gasteiger partial charge in [-0.2, -0.15) is 0 Å². The number of hydrogen-bond acceptors (Lipinski definition) is 0. The predicted octanol–water partition coefficient (Wildman–Crippen LogP) is 2.27. The van der Waals surface area contributed by atoms with Crippen LogP contribution >= 0.6 is 0 Å². The van der Waals surface area contributed by atoms with Crippen LogP contribution in [0.4, 0.5) is 0 Å². The highest BCUT2D eigenvalue weighted by molar-refractivity contribution is 6.12. The van der Waals surface area contributed by atoms with Crippen molar-refractivity contribution in [3.05, 3.63) is 0 Å². The van der Waals surface area contributed by atoms with Crippen LogP contribution in [-0.2, 0) is 0 Å². The molecule has 0 amide bonds. The van der Waals surface area contributed by atoms with E-state index < -0.39 is 0 Å². The first-order chi connectivity index (χ1) is 5.33. The zero-order valence-electron chi connectivity index (χ0n) is 7.73. The van der Waals surface area contributed by atoms with Gasteiger partial charge in [-0.15, -0.1) is 0 Å². The predicted molar refractivity (Wildman–Crippen MR) is 53.1 cm³/mol. The molecule has 1 spiro atoms. The standard InChI is InChI=1S/C10H20Si/c11-9-5-4-8-10(9)6-2-1-3-7-10/h9H,1-8H2,11H3. The summed E-state index contributed by atoms with van der Waals surface area (Å²) in [5.41, 5.74) is 2.08. The Balaban J connectivity index is 2.06. The summed E-state index contributed by atoms with van der Waals surface area (Å²) in [5.74, 6) is 0. The normalized spacial score (nSPS) is 36.5. The van der Waals surface area contributed by atoms with Gasteiger partial charge in [0.1, 0.15) is 0 Å². The molecule has 2 rings (SSSR count). The smallest absolute Gasteiger partial charge is 0.00743 e. The van der Waals surface area contributed by atoms with Crippen molar-refractivity contribution in [1.82, 2.24) is 0 Å². The molecule has 0 bridgehead atoms. The minimum absolute atomic E-state index is 0.893. The molecule has 0 heterocycles. The summed E-state index contributed by atoms with van der Waals surface area (Å²) in [6.45, 7) is 0. The lowest BCUT2D eigenvalue weighted by molar-refractivity contribution is 0.198. The molecule has 0 nitrogen and oxygen atoms in total. The summed E-state index contributed by atoms with van der Waals surface area (Å²) in [7, 11) is 1.47. The topological polar surface area (TPSA) is 0 Å². The second-order valence-electron chi connectivity index (χ2n) is 4.72. The average molecular weight is 168 g/mol. The van der Waals surface area contributed by atoms with Crippen molar-refractivity contribution in [2.75, 3.05) is 0 Å². The van der Waals surface area contributed by atoms with Crippen molar-refractivity contribution in [1.29, 1.82) is 0 Å². The fraction of sp³-hybridized carbons (Fsp3) is 1.00. The molecule has 64 valence electrons. The quantitative estimate of drug-likeness (QED) is 0.487. The maximum Gasteiger partial charge on any atom is 0.00743 e. The zero-order chi connectivity index (χ0) is 7.73. The molecule has 1 atom stereocenters. The minimum Gasteiger partial charge on any atom is -0.0533 e. The molecule has 0 aromatic carbocycles. The van der Waals surface area contributed by atoms with E-state index in [0.717, 1.165) is 5.41 Å². The molecular weight excluding hydrogens is 148 g/mol. The van der Waals surface area contributed by atoms with E-state index in [-0.39, 0.29) is 0 Å². The Labute approximate surface area is 73.2 Å². The Kier molecular flexibility index (Phi) is 2.09. The highest BCUT2D eigenvalue weighted by atomic mass is 28.1. The fourth-order valence-electron chi connectivity index (χ4n) is 3.31. The lowest BCUT2D eigenvalue weighted by Gasteiger charge is -2.37. The summed E-state index contributed by atoms with van der Waals surface area (Å²) < 4.78 is 0. The zero-order valence-corrected chi connectivity index (χ0v) is 9.73. The summed E-state index contributed by atoms with van der Waals surface area (Å²) >= 11 is 0. The van der Waals surface area contributed by atoms with Crippen LogP contribution in [0.3, 0.4) is 0 Å². The van der Waals surface area contributed by atoms with Crippen molar-refractivity contribution in [3.63, 3.8) is 0 Å². The molecule has 0 radical (unpaired) electrons. The monoisotopic (exact) mass is 168 g/mol. The van der Waals surface area contributed by atoms with Gasteiger partial charge >= 0.3 is 0 Å². The second kappa shape index (κ2) is 2.93. The van der Waals surface area contributed by atoms with E-state index in [1.165, 1.54) is 22.2 Å². The molecule has 1 unspecified atom stereocenters. The molecule has 2 fully saturated rings. The molecule has 2 saturated carbocycles. The van der Waals surface area contributed by atoms with Crippen LogP contribution in [0.25, 0.3) is 0 Å². The first-order valence-corrected chi connectivity index (χ1v) is 6.49. The van der Waals surface area contributed by atoms with Crippen LogP contribution in [0.1, 0.15) is 51.4 Å². The third-order valence-electron chi connectivity index (χ3n) is 4.21. The number of rotatable bonds is 0. The van der Waals surface area contributed by atoms with Crippen molar-refractivity contribution in [2.24, 2.45) is 5.41 Å². The van der Waals surface area contributed by atoms with Crippen molar-refractivity contribution >= 4 is 10.2 Å². The van der Waals surface area contributed by atoms with Gasteiger partial charge in [-0.1, -0.05) is 32.1 Å². The van der Waals surface area contributed by atoms with Gasteiger partial charge in [0, 0.05) is 10.2 Å². The Morgan fingerprint density at radius 1 is 0.909 bits per heavy atom. The van der Waals surface area contributed by atoms with Gasteiger partial charge in [0.25, 0.3) is 0 Å². The van der Waals surface area contributed by atoms with Crippen molar-refractivity contribution < 1.29 is 0 Å². The van der Waals surface area contributed by atoms with E-state index in [9.17, 15) is 0 Å². The van der Waals surface area contributed by atoms with Gasteiger partial charge < -0.3 is 0 Å². The molecule has 2 aliphatic carbocycles. The van der Waals surface area contributed by atoms with Crippen molar-refractivity contribution in [2.45, 2.75) is 56.9 Å². The van der Waals surface area contributed by atoms with Gasteiger partial charge in [0.2, 0.25) is 0 Å². The van der Waals surface area contributed by atoms with Crippen LogP contribution in [0, 0.1) is 5.41 Å². The highest BCUT2D eigenvalue weighted by Crippen LogP contribution is 2.54. The second-order valence-corrected chi connectivity index (χ2v) is 6.11. The fourth-order valence-corrected chi connectivity index (χ4v) is 4.59. The molecule has 2 aliphatic rings. The lowest BCUT2D eigenvalue weighted by atomic mass is 9.72. The summed E-state index contributed by atoms with van der Waals surface area (Å²) in [5, 5.41) is 0. The van der Waals surface area contributed by atoms with Gasteiger partial charge in [-0.25, -0.2) is 0 Å². The van der Waals surface area contributed by atoms with Gasteiger partial charge in [0.05, 0.1) is 0 Å². The maximum absolute atomic E-state index is 1.58. The largest absolute Gasteiger partial charge is 0.0533 e. The molecular formula is C10H20Si. The number of hydrogen-bond donors (Lipinski definition) is 0. The minimum atomic E-state index is 0.893. The van der Waals surface area contributed by atoms with Crippen LogP contribution in [0.2, 0.25) is 5.54 Å². The molecule has 1 heteroatoms. The van der Waals surface area contributed by atoms with Gasteiger partial charge in [0.15, 0.2) is 0 Å². The first-order valence-electron chi connectivity index (χ1n) is 5.33. The molecule has 0 aliphatic heterocycles. The summed E-state index contributed by atoms with van der Waals surface area (Å²) in [4.78, 5) is 0. The Morgan fingerprint density at radius 2 is 1.55 bits per heavy atom. The Morgan fingerprint density at radius 3 is 2.09 bits per heavy atom. The molecule has 0 N–H and O–H groups in total. The summed E-state index contributed by atoms with van der Waals surface area (Å²) in [6, 6.07) is 0. The lowest BCUT2D eigenvalue weighted by Crippen LogP contribution is -2.24. The average Bonchev–Trinajstić information content (AvgIpc) is 2.36. The van der Waals surface area contributed by atoms with E-state index in [4.69, 9.17) is 0 Å². The van der Waals surface area contributed by atoms with Gasteiger partial charge in [-0.3, -0.25) is 0 Å². The van der Waals surface area contributed by atoms with E-state index in [2.05, 4.69) is 0 Å².